The topological polar surface area (TPSA) is 38.3 Å². The molecule has 0 aromatic heterocycles. The van der Waals surface area contributed by atoms with Crippen LogP contribution < -0.4 is 5.32 Å². The molecule has 0 bridgehead atoms. The standard InChI is InChI=1S/C12H14F3NO2/c1-2-18-11(17)10(16-8-12(13,14)15)9-6-4-3-5-7-9/h3-7,10,16H,2,8H2,1H3. The second-order valence-electron chi connectivity index (χ2n) is 3.59. The Morgan fingerprint density at radius 3 is 2.44 bits per heavy atom. The third kappa shape index (κ3) is 4.75. The van der Waals surface area contributed by atoms with Crippen LogP contribution in [0.4, 0.5) is 13.2 Å². The van der Waals surface area contributed by atoms with E-state index in [1.54, 1.807) is 37.3 Å². The molecule has 1 N–H and O–H groups in total. The Morgan fingerprint density at radius 1 is 1.33 bits per heavy atom. The Hall–Kier alpha value is -1.56. The highest BCUT2D eigenvalue weighted by Crippen LogP contribution is 2.18. The first-order chi connectivity index (χ1) is 8.44. The monoisotopic (exact) mass is 261 g/mol. The van der Waals surface area contributed by atoms with Gasteiger partial charge in [0.05, 0.1) is 13.2 Å². The largest absolute Gasteiger partial charge is 0.465 e. The summed E-state index contributed by atoms with van der Waals surface area (Å²) in [5.41, 5.74) is 0.445. The number of hydrogen-bond donors (Lipinski definition) is 1. The molecule has 3 nitrogen and oxygen atoms in total. The Balaban J connectivity index is 2.79. The number of alkyl halides is 3. The first kappa shape index (κ1) is 14.5. The molecule has 1 unspecified atom stereocenters. The second-order valence-corrected chi connectivity index (χ2v) is 3.59. The van der Waals surface area contributed by atoms with Gasteiger partial charge in [-0.05, 0) is 12.5 Å². The lowest BCUT2D eigenvalue weighted by Crippen LogP contribution is -2.36. The van der Waals surface area contributed by atoms with Crippen LogP contribution in [0.25, 0.3) is 0 Å². The summed E-state index contributed by atoms with van der Waals surface area (Å²) in [6.45, 7) is 0.477. The van der Waals surface area contributed by atoms with Gasteiger partial charge in [-0.3, -0.25) is 5.32 Å². The molecule has 0 saturated heterocycles. The van der Waals surface area contributed by atoms with Crippen molar-refractivity contribution in [2.45, 2.75) is 19.1 Å². The van der Waals surface area contributed by atoms with E-state index in [0.29, 0.717) is 5.56 Å². The molecule has 0 aliphatic rings. The van der Waals surface area contributed by atoms with Crippen molar-refractivity contribution in [1.29, 1.82) is 0 Å². The zero-order valence-electron chi connectivity index (χ0n) is 9.83. The molecule has 1 aromatic carbocycles. The number of carbonyl (C=O) groups excluding carboxylic acids is 1. The van der Waals surface area contributed by atoms with Crippen LogP contribution in [0.15, 0.2) is 30.3 Å². The van der Waals surface area contributed by atoms with E-state index < -0.39 is 24.7 Å². The summed E-state index contributed by atoms with van der Waals surface area (Å²) in [4.78, 5) is 11.6. The molecular formula is C12H14F3NO2. The molecule has 1 aromatic rings. The van der Waals surface area contributed by atoms with Crippen LogP contribution in [0.1, 0.15) is 18.5 Å². The fourth-order valence-corrected chi connectivity index (χ4v) is 1.43. The number of halogens is 3. The SMILES string of the molecule is CCOC(=O)C(NCC(F)(F)F)c1ccccc1. The zero-order chi connectivity index (χ0) is 13.6. The average molecular weight is 261 g/mol. The summed E-state index contributed by atoms with van der Waals surface area (Å²) >= 11 is 0. The van der Waals surface area contributed by atoms with Gasteiger partial charge < -0.3 is 4.74 Å². The van der Waals surface area contributed by atoms with Crippen molar-refractivity contribution in [3.63, 3.8) is 0 Å². The van der Waals surface area contributed by atoms with Gasteiger partial charge in [0, 0.05) is 0 Å². The smallest absolute Gasteiger partial charge is 0.401 e. The summed E-state index contributed by atoms with van der Waals surface area (Å²) in [5, 5.41) is 2.16. The van der Waals surface area contributed by atoms with Crippen molar-refractivity contribution in [3.8, 4) is 0 Å². The molecule has 0 radical (unpaired) electrons. The van der Waals surface area contributed by atoms with Crippen molar-refractivity contribution in [2.24, 2.45) is 0 Å². The van der Waals surface area contributed by atoms with E-state index in [-0.39, 0.29) is 6.61 Å². The maximum absolute atomic E-state index is 12.2. The highest BCUT2D eigenvalue weighted by Gasteiger charge is 2.31. The van der Waals surface area contributed by atoms with Crippen LogP contribution >= 0.6 is 0 Å². The molecule has 0 aliphatic carbocycles. The van der Waals surface area contributed by atoms with Gasteiger partial charge in [-0.15, -0.1) is 0 Å². The van der Waals surface area contributed by atoms with Crippen molar-refractivity contribution in [3.05, 3.63) is 35.9 Å². The number of rotatable bonds is 5. The Labute approximate surface area is 103 Å². The molecule has 100 valence electrons. The molecule has 0 aliphatic heterocycles. The van der Waals surface area contributed by atoms with Crippen molar-refractivity contribution in [2.75, 3.05) is 13.2 Å². The van der Waals surface area contributed by atoms with Crippen LogP contribution in [0.3, 0.4) is 0 Å². The van der Waals surface area contributed by atoms with Gasteiger partial charge in [-0.25, -0.2) is 4.79 Å². The summed E-state index contributed by atoms with van der Waals surface area (Å²) < 4.78 is 41.3. The van der Waals surface area contributed by atoms with Crippen LogP contribution in [0.5, 0.6) is 0 Å². The van der Waals surface area contributed by atoms with E-state index in [4.69, 9.17) is 4.74 Å². The number of hydrogen-bond acceptors (Lipinski definition) is 3. The van der Waals surface area contributed by atoms with E-state index in [0.717, 1.165) is 0 Å². The van der Waals surface area contributed by atoms with Crippen LogP contribution in [-0.2, 0) is 9.53 Å². The van der Waals surface area contributed by atoms with E-state index in [2.05, 4.69) is 5.32 Å². The molecule has 6 heteroatoms. The number of esters is 1. The van der Waals surface area contributed by atoms with Crippen molar-refractivity contribution in [1.82, 2.24) is 5.32 Å². The third-order valence-electron chi connectivity index (χ3n) is 2.16. The lowest BCUT2D eigenvalue weighted by molar-refractivity contribution is -0.149. The predicted octanol–water partition coefficient (Wildman–Crippen LogP) is 2.44. The van der Waals surface area contributed by atoms with E-state index in [9.17, 15) is 18.0 Å². The fraction of sp³-hybridized carbons (Fsp3) is 0.417. The minimum atomic E-state index is -4.38. The molecule has 0 saturated carbocycles. The number of benzene rings is 1. The Bertz CT molecular complexity index is 379. The number of nitrogens with one attached hydrogen (secondary N) is 1. The van der Waals surface area contributed by atoms with Gasteiger partial charge in [0.1, 0.15) is 6.04 Å². The molecule has 18 heavy (non-hydrogen) atoms. The lowest BCUT2D eigenvalue weighted by atomic mass is 10.1. The quantitative estimate of drug-likeness (QED) is 0.827. The van der Waals surface area contributed by atoms with E-state index in [1.165, 1.54) is 0 Å². The molecule has 1 atom stereocenters. The Kier molecular flexibility index (Phi) is 5.15. The van der Waals surface area contributed by atoms with Crippen LogP contribution in [0.2, 0.25) is 0 Å². The molecule has 0 spiro atoms. The first-order valence-corrected chi connectivity index (χ1v) is 5.45. The second kappa shape index (κ2) is 6.39. The number of carbonyl (C=O) groups is 1. The van der Waals surface area contributed by atoms with Crippen LogP contribution in [-0.4, -0.2) is 25.3 Å². The lowest BCUT2D eigenvalue weighted by Gasteiger charge is -2.18. The Morgan fingerprint density at radius 2 is 1.94 bits per heavy atom. The maximum atomic E-state index is 12.2. The molecule has 0 fully saturated rings. The van der Waals surface area contributed by atoms with E-state index in [1.807, 2.05) is 0 Å². The minimum Gasteiger partial charge on any atom is -0.465 e. The maximum Gasteiger partial charge on any atom is 0.401 e. The van der Waals surface area contributed by atoms with Crippen molar-refractivity contribution >= 4 is 5.97 Å². The van der Waals surface area contributed by atoms with E-state index >= 15 is 0 Å². The normalized spacial score (nSPS) is 13.1. The molecule has 0 amide bonds. The van der Waals surface area contributed by atoms with Gasteiger partial charge in [-0.1, -0.05) is 30.3 Å². The number of ether oxygens (including phenoxy) is 1. The molecular weight excluding hydrogens is 247 g/mol. The zero-order valence-corrected chi connectivity index (χ0v) is 9.83. The molecule has 1 rings (SSSR count). The predicted molar refractivity (Wildman–Crippen MR) is 59.9 cm³/mol. The van der Waals surface area contributed by atoms with Gasteiger partial charge in [0.15, 0.2) is 0 Å². The average Bonchev–Trinajstić information content (AvgIpc) is 2.29. The highest BCUT2D eigenvalue weighted by molar-refractivity contribution is 5.77. The molecule has 0 heterocycles. The highest BCUT2D eigenvalue weighted by atomic mass is 19.4. The summed E-state index contributed by atoms with van der Waals surface area (Å²) in [7, 11) is 0. The summed E-state index contributed by atoms with van der Waals surface area (Å²) in [6, 6.07) is 7.06. The summed E-state index contributed by atoms with van der Waals surface area (Å²) in [5.74, 6) is -0.715. The van der Waals surface area contributed by atoms with Gasteiger partial charge in [0.2, 0.25) is 0 Å². The third-order valence-corrected chi connectivity index (χ3v) is 2.16. The van der Waals surface area contributed by atoms with Crippen molar-refractivity contribution < 1.29 is 22.7 Å². The van der Waals surface area contributed by atoms with Gasteiger partial charge in [-0.2, -0.15) is 13.2 Å². The fourth-order valence-electron chi connectivity index (χ4n) is 1.43. The first-order valence-electron chi connectivity index (χ1n) is 5.45. The summed E-state index contributed by atoms with van der Waals surface area (Å²) in [6.07, 6.45) is -4.38. The van der Waals surface area contributed by atoms with Crippen LogP contribution in [0, 0.1) is 0 Å². The van der Waals surface area contributed by atoms with Gasteiger partial charge in [0.25, 0.3) is 0 Å². The van der Waals surface area contributed by atoms with Gasteiger partial charge >= 0.3 is 12.1 Å². The minimum absolute atomic E-state index is 0.121.